The molecule has 3 rings (SSSR count). The molecule has 2 heterocycles. The van der Waals surface area contributed by atoms with Gasteiger partial charge in [-0.2, -0.15) is 0 Å². The Labute approximate surface area is 140 Å². The summed E-state index contributed by atoms with van der Waals surface area (Å²) in [5.74, 6) is -0.507. The van der Waals surface area contributed by atoms with Crippen molar-refractivity contribution in [3.05, 3.63) is 16.0 Å². The Morgan fingerprint density at radius 2 is 1.96 bits per heavy atom. The van der Waals surface area contributed by atoms with Crippen molar-refractivity contribution in [2.75, 3.05) is 19.0 Å². The number of anilines is 1. The van der Waals surface area contributed by atoms with Gasteiger partial charge < -0.3 is 14.8 Å². The summed E-state index contributed by atoms with van der Waals surface area (Å²) < 4.78 is 10.4. The van der Waals surface area contributed by atoms with Crippen LogP contribution in [0.3, 0.4) is 0 Å². The fraction of sp³-hybridized carbons (Fsp3) is 0.647. The molecule has 1 amide bonds. The molecule has 6 heteroatoms. The average Bonchev–Trinajstić information content (AvgIpc) is 3.15. The summed E-state index contributed by atoms with van der Waals surface area (Å²) in [5.41, 5.74) is 1.63. The maximum Gasteiger partial charge on any atom is 0.341 e. The molecule has 0 radical (unpaired) electrons. The molecular formula is C17H23NO4S. The van der Waals surface area contributed by atoms with Crippen molar-refractivity contribution in [2.45, 2.75) is 57.5 Å². The molecule has 1 unspecified atom stereocenters. The molecule has 1 atom stereocenters. The molecule has 0 saturated carbocycles. The minimum Gasteiger partial charge on any atom is -0.465 e. The number of hydrogen-bond acceptors (Lipinski definition) is 5. The van der Waals surface area contributed by atoms with Crippen molar-refractivity contribution >= 4 is 28.2 Å². The Kier molecular flexibility index (Phi) is 5.33. The molecule has 23 heavy (non-hydrogen) atoms. The summed E-state index contributed by atoms with van der Waals surface area (Å²) in [7, 11) is 1.39. The first-order valence-electron chi connectivity index (χ1n) is 8.36. The lowest BCUT2D eigenvalue weighted by atomic mass is 9.96. The minimum absolute atomic E-state index is 0.151. The number of carbonyl (C=O) groups excluding carboxylic acids is 2. The first-order valence-corrected chi connectivity index (χ1v) is 9.17. The zero-order valence-electron chi connectivity index (χ0n) is 13.5. The van der Waals surface area contributed by atoms with E-state index in [9.17, 15) is 9.59 Å². The predicted molar refractivity (Wildman–Crippen MR) is 89.1 cm³/mol. The number of amides is 1. The van der Waals surface area contributed by atoms with E-state index in [1.807, 2.05) is 0 Å². The molecule has 1 aromatic heterocycles. The van der Waals surface area contributed by atoms with Crippen molar-refractivity contribution in [1.29, 1.82) is 0 Å². The summed E-state index contributed by atoms with van der Waals surface area (Å²) in [6.07, 6.45) is 7.72. The van der Waals surface area contributed by atoms with Gasteiger partial charge in [0.1, 0.15) is 11.1 Å². The third-order valence-corrected chi connectivity index (χ3v) is 5.73. The van der Waals surface area contributed by atoms with E-state index in [2.05, 4.69) is 5.32 Å². The Morgan fingerprint density at radius 3 is 2.65 bits per heavy atom. The van der Waals surface area contributed by atoms with Gasteiger partial charge in [0, 0.05) is 11.5 Å². The van der Waals surface area contributed by atoms with Gasteiger partial charge in [-0.15, -0.1) is 11.3 Å². The number of ether oxygens (including phenoxy) is 2. The third kappa shape index (κ3) is 3.58. The maximum atomic E-state index is 12.3. The van der Waals surface area contributed by atoms with Crippen molar-refractivity contribution in [3.63, 3.8) is 0 Å². The van der Waals surface area contributed by atoms with E-state index in [1.165, 1.54) is 36.2 Å². The average molecular weight is 337 g/mol. The van der Waals surface area contributed by atoms with E-state index in [-0.39, 0.29) is 11.9 Å². The van der Waals surface area contributed by atoms with Gasteiger partial charge in [-0.05, 0) is 44.1 Å². The van der Waals surface area contributed by atoms with Crippen molar-refractivity contribution < 1.29 is 19.1 Å². The quantitative estimate of drug-likeness (QED) is 0.860. The largest absolute Gasteiger partial charge is 0.465 e. The minimum atomic E-state index is -0.398. The van der Waals surface area contributed by atoms with E-state index in [0.717, 1.165) is 44.1 Å². The topological polar surface area (TPSA) is 64.6 Å². The smallest absolute Gasteiger partial charge is 0.341 e. The third-order valence-electron chi connectivity index (χ3n) is 4.52. The standard InChI is InChI=1S/C17H23NO4S/c1-21-17(20)14-11-7-4-2-3-5-9-13(11)23-16(14)18-15(19)12-8-6-10-22-12/h12H,2-10H2,1H3,(H,18,19). The highest BCUT2D eigenvalue weighted by molar-refractivity contribution is 7.17. The molecule has 1 N–H and O–H groups in total. The molecule has 0 aromatic carbocycles. The van der Waals surface area contributed by atoms with Gasteiger partial charge in [0.15, 0.2) is 0 Å². The predicted octanol–water partition coefficient (Wildman–Crippen LogP) is 3.31. The van der Waals surface area contributed by atoms with E-state index < -0.39 is 6.10 Å². The van der Waals surface area contributed by atoms with Crippen LogP contribution in [0.15, 0.2) is 0 Å². The number of hydrogen-bond donors (Lipinski definition) is 1. The number of thiophene rings is 1. The second-order valence-corrected chi connectivity index (χ2v) is 7.21. The molecule has 126 valence electrons. The lowest BCUT2D eigenvalue weighted by molar-refractivity contribution is -0.124. The Bertz CT molecular complexity index is 590. The van der Waals surface area contributed by atoms with Crippen LogP contribution in [0.2, 0.25) is 0 Å². The zero-order chi connectivity index (χ0) is 16.2. The first-order chi connectivity index (χ1) is 11.2. The van der Waals surface area contributed by atoms with Crippen molar-refractivity contribution in [2.24, 2.45) is 0 Å². The van der Waals surface area contributed by atoms with Gasteiger partial charge in [-0.3, -0.25) is 4.79 Å². The summed E-state index contributed by atoms with van der Waals surface area (Å²) in [6, 6.07) is 0. The number of methoxy groups -OCH3 is 1. The van der Waals surface area contributed by atoms with Crippen molar-refractivity contribution in [3.8, 4) is 0 Å². The number of aryl methyl sites for hydroxylation is 1. The molecule has 5 nitrogen and oxygen atoms in total. The highest BCUT2D eigenvalue weighted by atomic mass is 32.1. The normalized spacial score (nSPS) is 21.2. The van der Waals surface area contributed by atoms with Crippen LogP contribution in [-0.2, 0) is 27.1 Å². The lowest BCUT2D eigenvalue weighted by Crippen LogP contribution is -2.27. The molecule has 1 saturated heterocycles. The molecule has 0 bridgehead atoms. The highest BCUT2D eigenvalue weighted by Crippen LogP contribution is 2.37. The molecule has 2 aliphatic rings. The fourth-order valence-corrected chi connectivity index (χ4v) is 4.58. The van der Waals surface area contributed by atoms with Crippen LogP contribution >= 0.6 is 11.3 Å². The maximum absolute atomic E-state index is 12.3. The van der Waals surface area contributed by atoms with Crippen LogP contribution in [0.4, 0.5) is 5.00 Å². The molecular weight excluding hydrogens is 314 g/mol. The van der Waals surface area contributed by atoms with Crippen LogP contribution in [0.25, 0.3) is 0 Å². The monoisotopic (exact) mass is 337 g/mol. The van der Waals surface area contributed by atoms with Gasteiger partial charge in [0.05, 0.1) is 12.7 Å². The molecule has 1 aliphatic heterocycles. The van der Waals surface area contributed by atoms with Gasteiger partial charge in [0.25, 0.3) is 5.91 Å². The van der Waals surface area contributed by atoms with E-state index in [1.54, 1.807) is 0 Å². The molecule has 0 spiro atoms. The van der Waals surface area contributed by atoms with Crippen LogP contribution in [0.1, 0.15) is 59.3 Å². The van der Waals surface area contributed by atoms with E-state index in [0.29, 0.717) is 17.2 Å². The number of rotatable bonds is 3. The number of nitrogens with one attached hydrogen (secondary N) is 1. The van der Waals surface area contributed by atoms with Gasteiger partial charge in [-0.1, -0.05) is 12.8 Å². The van der Waals surface area contributed by atoms with Crippen molar-refractivity contribution in [1.82, 2.24) is 0 Å². The SMILES string of the molecule is COC(=O)c1c(NC(=O)C2CCCO2)sc2c1CCCCCC2. The first kappa shape index (κ1) is 16.5. The molecule has 1 fully saturated rings. The van der Waals surface area contributed by atoms with Gasteiger partial charge in [0.2, 0.25) is 0 Å². The highest BCUT2D eigenvalue weighted by Gasteiger charge is 2.29. The summed E-state index contributed by atoms with van der Waals surface area (Å²) in [4.78, 5) is 25.8. The summed E-state index contributed by atoms with van der Waals surface area (Å²) in [5, 5.41) is 3.55. The molecule has 1 aromatic rings. The number of esters is 1. The summed E-state index contributed by atoms with van der Waals surface area (Å²) >= 11 is 1.53. The fourth-order valence-electron chi connectivity index (χ4n) is 3.30. The second kappa shape index (κ2) is 7.45. The number of fused-ring (bicyclic) bond motifs is 1. The molecule has 1 aliphatic carbocycles. The number of carbonyl (C=O) groups is 2. The Hall–Kier alpha value is -1.40. The van der Waals surface area contributed by atoms with E-state index in [4.69, 9.17) is 9.47 Å². The van der Waals surface area contributed by atoms with Crippen LogP contribution in [0.5, 0.6) is 0 Å². The van der Waals surface area contributed by atoms with E-state index >= 15 is 0 Å². The lowest BCUT2D eigenvalue weighted by Gasteiger charge is -2.12. The zero-order valence-corrected chi connectivity index (χ0v) is 14.3. The Morgan fingerprint density at radius 1 is 1.17 bits per heavy atom. The van der Waals surface area contributed by atoms with Gasteiger partial charge in [-0.25, -0.2) is 4.79 Å². The van der Waals surface area contributed by atoms with Crippen LogP contribution in [0, 0.1) is 0 Å². The van der Waals surface area contributed by atoms with Crippen LogP contribution < -0.4 is 5.32 Å². The Balaban J connectivity index is 1.89. The van der Waals surface area contributed by atoms with Crippen LogP contribution in [-0.4, -0.2) is 31.7 Å². The summed E-state index contributed by atoms with van der Waals surface area (Å²) in [6.45, 7) is 0.628. The van der Waals surface area contributed by atoms with Gasteiger partial charge >= 0.3 is 5.97 Å². The second-order valence-electron chi connectivity index (χ2n) is 6.10.